The molecule has 0 radical (unpaired) electrons. The summed E-state index contributed by atoms with van der Waals surface area (Å²) >= 11 is 0. The first-order valence-corrected chi connectivity index (χ1v) is 8.61. The van der Waals surface area contributed by atoms with Gasteiger partial charge in [-0.25, -0.2) is 9.59 Å². The van der Waals surface area contributed by atoms with Crippen LogP contribution in [0.25, 0.3) is 0 Å². The van der Waals surface area contributed by atoms with E-state index in [2.05, 4.69) is 24.5 Å². The molecule has 0 spiro atoms. The van der Waals surface area contributed by atoms with Gasteiger partial charge in [0.2, 0.25) is 5.78 Å². The smallest absolute Gasteiger partial charge is 0.407 e. The average molecular weight is 468 g/mol. The molecule has 0 aromatic carbocycles. The molecule has 0 aliphatic rings. The zero-order chi connectivity index (χ0) is 24.7. The maximum atomic E-state index is 12.2. The number of carboxylic acids is 1. The maximum Gasteiger partial charge on any atom is 0.407 e. The molecule has 0 aromatic heterocycles. The molecule has 0 heterocycles. The van der Waals surface area contributed by atoms with Crippen LogP contribution in [0, 0.1) is 20.2 Å². The van der Waals surface area contributed by atoms with Gasteiger partial charge >= 0.3 is 18.0 Å². The molecule has 0 aromatic rings. The fraction of sp³-hybridized carbons (Fsp3) is 0.643. The Hall–Kier alpha value is -4.25. The molecule has 18 nitrogen and oxygen atoms in total. The molecule has 0 fully saturated rings. The molecule has 180 valence electrons. The number of ether oxygens (including phenoxy) is 2. The van der Waals surface area contributed by atoms with E-state index >= 15 is 0 Å². The van der Waals surface area contributed by atoms with Gasteiger partial charge < -0.3 is 34.9 Å². The van der Waals surface area contributed by atoms with Crippen LogP contribution in [-0.4, -0.2) is 83.5 Å². The third kappa shape index (κ3) is 13.8. The van der Waals surface area contributed by atoms with Crippen molar-refractivity contribution in [2.75, 3.05) is 26.4 Å². The van der Waals surface area contributed by atoms with Crippen molar-refractivity contribution < 1.29 is 58.4 Å². The number of ketones is 1. The summed E-state index contributed by atoms with van der Waals surface area (Å²) in [4.78, 5) is 85.3. The van der Waals surface area contributed by atoms with Crippen LogP contribution in [-0.2, 0) is 38.3 Å². The number of hydrogen-bond donors (Lipinski definition) is 3. The Kier molecular flexibility index (Phi) is 12.7. The van der Waals surface area contributed by atoms with Crippen LogP contribution in [0.2, 0.25) is 0 Å². The first kappa shape index (κ1) is 27.8. The lowest BCUT2D eigenvalue weighted by atomic mass is 10.3. The number of nitrogens with one attached hydrogen (secondary N) is 2. The van der Waals surface area contributed by atoms with Crippen molar-refractivity contribution in [3.63, 3.8) is 0 Å². The van der Waals surface area contributed by atoms with Gasteiger partial charge in [-0.1, -0.05) is 0 Å². The van der Waals surface area contributed by atoms with Crippen LogP contribution in [0.1, 0.15) is 19.8 Å². The van der Waals surface area contributed by atoms with Crippen molar-refractivity contribution in [1.82, 2.24) is 10.6 Å². The molecule has 0 unspecified atom stereocenters. The number of carboxylic acid groups (broad SMARTS) is 1. The van der Waals surface area contributed by atoms with Crippen LogP contribution < -0.4 is 10.6 Å². The predicted molar refractivity (Wildman–Crippen MR) is 94.6 cm³/mol. The van der Waals surface area contributed by atoms with Gasteiger partial charge in [-0.2, -0.15) is 0 Å². The Morgan fingerprint density at radius 2 is 1.66 bits per heavy atom. The molecule has 0 aliphatic heterocycles. The standard InChI is InChI=1S/C14H20N4O14/c1-8(19)12(22)16-10(7-30-14(24)15-4-2-3-11(20)21)13(23)29-5-9(32-18(27)28)6-31-17(25)26/h9-10H,2-7H2,1H3,(H,15,24)(H,16,22)(H,20,21)/t9-,10+/m1/s1. The monoisotopic (exact) mass is 468 g/mol. The highest BCUT2D eigenvalue weighted by Crippen LogP contribution is 2.00. The summed E-state index contributed by atoms with van der Waals surface area (Å²) < 4.78 is 9.35. The van der Waals surface area contributed by atoms with Gasteiger partial charge in [-0.05, 0) is 6.42 Å². The summed E-state index contributed by atoms with van der Waals surface area (Å²) in [5.41, 5.74) is 0. The zero-order valence-electron chi connectivity index (χ0n) is 16.5. The fourth-order valence-corrected chi connectivity index (χ4v) is 1.72. The van der Waals surface area contributed by atoms with Crippen LogP contribution in [0.3, 0.4) is 0 Å². The molecular weight excluding hydrogens is 448 g/mol. The van der Waals surface area contributed by atoms with E-state index in [1.807, 2.05) is 5.32 Å². The minimum atomic E-state index is -1.73. The second-order valence-electron chi connectivity index (χ2n) is 5.71. The molecule has 0 aliphatic carbocycles. The third-order valence-corrected chi connectivity index (χ3v) is 3.14. The molecule has 0 bridgehead atoms. The van der Waals surface area contributed by atoms with Gasteiger partial charge in [-0.3, -0.25) is 14.4 Å². The van der Waals surface area contributed by atoms with E-state index in [0.717, 1.165) is 6.92 Å². The van der Waals surface area contributed by atoms with E-state index in [4.69, 9.17) is 5.11 Å². The summed E-state index contributed by atoms with van der Waals surface area (Å²) in [5, 5.41) is 30.6. The first-order chi connectivity index (χ1) is 14.9. The third-order valence-electron chi connectivity index (χ3n) is 3.14. The highest BCUT2D eigenvalue weighted by atomic mass is 17.0. The quantitative estimate of drug-likeness (QED) is 0.0726. The van der Waals surface area contributed by atoms with Gasteiger partial charge in [0.05, 0.1) is 0 Å². The van der Waals surface area contributed by atoms with Gasteiger partial charge in [0, 0.05) is 19.9 Å². The largest absolute Gasteiger partial charge is 0.481 e. The highest BCUT2D eigenvalue weighted by molar-refractivity contribution is 6.35. The number of carbonyl (C=O) groups excluding carboxylic acids is 4. The molecule has 2 amide bonds. The van der Waals surface area contributed by atoms with E-state index in [1.165, 1.54) is 0 Å². The second-order valence-corrected chi connectivity index (χ2v) is 5.71. The topological polar surface area (TPSA) is 253 Å². The number of amides is 2. The predicted octanol–water partition coefficient (Wildman–Crippen LogP) is -2.02. The van der Waals surface area contributed by atoms with Gasteiger partial charge in [-0.15, -0.1) is 20.2 Å². The van der Waals surface area contributed by atoms with E-state index in [9.17, 15) is 44.2 Å². The zero-order valence-corrected chi connectivity index (χ0v) is 16.5. The number of rotatable bonds is 16. The summed E-state index contributed by atoms with van der Waals surface area (Å²) in [5.74, 6) is -4.66. The Balaban J connectivity index is 4.89. The van der Waals surface area contributed by atoms with Crippen LogP contribution >= 0.6 is 0 Å². The Morgan fingerprint density at radius 1 is 1.00 bits per heavy atom. The first-order valence-electron chi connectivity index (χ1n) is 8.61. The SMILES string of the molecule is CC(=O)C(=O)N[C@@H](COC(=O)NCCCC(=O)O)C(=O)OC[C@H](CO[N+](=O)[O-])O[N+](=O)[O-]. The number of nitrogens with zero attached hydrogens (tertiary/aromatic N) is 2. The summed E-state index contributed by atoms with van der Waals surface area (Å²) in [6.07, 6.45) is -2.93. The van der Waals surface area contributed by atoms with Gasteiger partial charge in [0.15, 0.2) is 12.1 Å². The lowest BCUT2D eigenvalue weighted by Crippen LogP contribution is -2.48. The Labute approximate surface area is 178 Å². The summed E-state index contributed by atoms with van der Waals surface area (Å²) in [6.45, 7) is -1.93. The lowest BCUT2D eigenvalue weighted by Gasteiger charge is -2.19. The molecule has 2 atom stereocenters. The Morgan fingerprint density at radius 3 is 2.19 bits per heavy atom. The summed E-state index contributed by atoms with van der Waals surface area (Å²) in [7, 11) is 0. The van der Waals surface area contributed by atoms with E-state index in [1.54, 1.807) is 0 Å². The van der Waals surface area contributed by atoms with E-state index in [-0.39, 0.29) is 19.4 Å². The van der Waals surface area contributed by atoms with Crippen molar-refractivity contribution in [2.24, 2.45) is 0 Å². The minimum absolute atomic E-state index is 0.0730. The molecule has 0 rings (SSSR count). The van der Waals surface area contributed by atoms with E-state index < -0.39 is 71.9 Å². The van der Waals surface area contributed by atoms with Crippen molar-refractivity contribution in [3.8, 4) is 0 Å². The fourth-order valence-electron chi connectivity index (χ4n) is 1.72. The number of hydrogen-bond acceptors (Lipinski definition) is 13. The number of esters is 1. The van der Waals surface area contributed by atoms with Crippen molar-refractivity contribution in [3.05, 3.63) is 20.2 Å². The van der Waals surface area contributed by atoms with E-state index in [0.29, 0.717) is 0 Å². The van der Waals surface area contributed by atoms with Crippen LogP contribution in [0.4, 0.5) is 4.79 Å². The van der Waals surface area contributed by atoms with Crippen LogP contribution in [0.15, 0.2) is 0 Å². The molecule has 18 heteroatoms. The van der Waals surface area contributed by atoms with Gasteiger partial charge in [0.1, 0.15) is 19.8 Å². The normalized spacial score (nSPS) is 11.8. The molecule has 32 heavy (non-hydrogen) atoms. The molecule has 3 N–H and O–H groups in total. The van der Waals surface area contributed by atoms with Crippen molar-refractivity contribution in [1.29, 1.82) is 0 Å². The number of carbonyl (C=O) groups is 5. The Bertz CT molecular complexity index is 726. The van der Waals surface area contributed by atoms with Crippen LogP contribution in [0.5, 0.6) is 0 Å². The minimum Gasteiger partial charge on any atom is -0.481 e. The summed E-state index contributed by atoms with van der Waals surface area (Å²) in [6, 6.07) is -1.73. The lowest BCUT2D eigenvalue weighted by molar-refractivity contribution is -0.790. The maximum absolute atomic E-state index is 12.2. The van der Waals surface area contributed by atoms with Crippen molar-refractivity contribution in [2.45, 2.75) is 31.9 Å². The number of alkyl carbamates (subject to hydrolysis) is 1. The molecule has 0 saturated carbocycles. The van der Waals surface area contributed by atoms with Crippen molar-refractivity contribution >= 4 is 29.7 Å². The average Bonchev–Trinajstić information content (AvgIpc) is 2.69. The number of aliphatic carboxylic acids is 1. The second kappa shape index (κ2) is 14.7. The molecule has 0 saturated heterocycles. The highest BCUT2D eigenvalue weighted by Gasteiger charge is 2.27. The number of Topliss-reactive ketones (excluding diaryl/α,β-unsaturated/α-hetero) is 1. The van der Waals surface area contributed by atoms with Gasteiger partial charge in [0.25, 0.3) is 16.1 Å². The molecular formula is C14H20N4O14.